The minimum absolute atomic E-state index is 0.238. The fourth-order valence-electron chi connectivity index (χ4n) is 1.99. The van der Waals surface area contributed by atoms with Gasteiger partial charge in [-0.2, -0.15) is 0 Å². The Morgan fingerprint density at radius 2 is 1.94 bits per heavy atom. The van der Waals surface area contributed by atoms with E-state index >= 15 is 0 Å². The molecule has 3 nitrogen and oxygen atoms in total. The summed E-state index contributed by atoms with van der Waals surface area (Å²) >= 11 is 5.42. The Kier molecular flexibility index (Phi) is 4.40. The number of ether oxygens (including phenoxy) is 1. The Labute approximate surface area is 106 Å². The molecule has 1 amide bonds. The van der Waals surface area contributed by atoms with Crippen LogP contribution in [0, 0.1) is 0 Å². The average Bonchev–Trinajstić information content (AvgIpc) is 2.38. The third-order valence-corrected chi connectivity index (χ3v) is 3.26. The summed E-state index contributed by atoms with van der Waals surface area (Å²) in [6, 6.07) is 10.1. The predicted octanol–water partition coefficient (Wildman–Crippen LogP) is 3.03. The molecule has 4 heteroatoms. The van der Waals surface area contributed by atoms with Crippen LogP contribution in [-0.4, -0.2) is 29.5 Å². The zero-order valence-electron chi connectivity index (χ0n) is 9.64. The van der Waals surface area contributed by atoms with E-state index in [1.807, 2.05) is 18.2 Å². The fourth-order valence-corrected chi connectivity index (χ4v) is 2.16. The third kappa shape index (κ3) is 3.72. The van der Waals surface area contributed by atoms with E-state index in [2.05, 4.69) is 12.1 Å². The zero-order valence-corrected chi connectivity index (χ0v) is 10.4. The predicted molar refractivity (Wildman–Crippen MR) is 67.1 cm³/mol. The van der Waals surface area contributed by atoms with Gasteiger partial charge in [-0.25, -0.2) is 0 Å². The molecule has 0 unspecified atom stereocenters. The molecule has 0 saturated carbocycles. The summed E-state index contributed by atoms with van der Waals surface area (Å²) in [6.07, 6.45) is 1.97. The zero-order chi connectivity index (χ0) is 12.1. The van der Waals surface area contributed by atoms with Gasteiger partial charge in [0.1, 0.15) is 0 Å². The van der Waals surface area contributed by atoms with Gasteiger partial charge in [0.15, 0.2) is 0 Å². The molecule has 0 bridgehead atoms. The molecule has 2 rings (SSSR count). The smallest absolute Gasteiger partial charge is 0.316 e. The first kappa shape index (κ1) is 12.4. The van der Waals surface area contributed by atoms with E-state index in [1.54, 1.807) is 4.90 Å². The minimum atomic E-state index is -0.355. The number of amides is 1. The van der Waals surface area contributed by atoms with Gasteiger partial charge in [-0.1, -0.05) is 30.3 Å². The second-order valence-corrected chi connectivity index (χ2v) is 4.56. The van der Waals surface area contributed by atoms with E-state index in [-0.39, 0.29) is 11.5 Å². The van der Waals surface area contributed by atoms with Crippen molar-refractivity contribution < 1.29 is 9.53 Å². The van der Waals surface area contributed by atoms with Crippen molar-refractivity contribution in [3.8, 4) is 0 Å². The molecule has 0 radical (unpaired) electrons. The standard InChI is InChI=1S/C13H16ClNO2/c14-13(16)15-8-6-12(7-9-15)17-10-11-4-2-1-3-5-11/h1-5,12H,6-10H2. The molecule has 0 aliphatic carbocycles. The lowest BCUT2D eigenvalue weighted by atomic mass is 10.1. The number of rotatable bonds is 3. The molecule has 1 aromatic carbocycles. The van der Waals surface area contributed by atoms with Crippen LogP contribution in [0.15, 0.2) is 30.3 Å². The van der Waals surface area contributed by atoms with Gasteiger partial charge in [-0.15, -0.1) is 0 Å². The van der Waals surface area contributed by atoms with Crippen LogP contribution in [0.5, 0.6) is 0 Å². The number of carbonyl (C=O) groups is 1. The Hall–Kier alpha value is -1.06. The Morgan fingerprint density at radius 3 is 2.53 bits per heavy atom. The second kappa shape index (κ2) is 6.03. The quantitative estimate of drug-likeness (QED) is 0.612. The molecule has 17 heavy (non-hydrogen) atoms. The van der Waals surface area contributed by atoms with Crippen LogP contribution in [0.1, 0.15) is 18.4 Å². The van der Waals surface area contributed by atoms with Gasteiger partial charge in [-0.3, -0.25) is 4.79 Å². The Bertz CT molecular complexity index is 361. The highest BCUT2D eigenvalue weighted by atomic mass is 35.5. The lowest BCUT2D eigenvalue weighted by Gasteiger charge is -2.30. The second-order valence-electron chi connectivity index (χ2n) is 4.24. The monoisotopic (exact) mass is 253 g/mol. The van der Waals surface area contributed by atoms with Gasteiger partial charge >= 0.3 is 5.37 Å². The maximum atomic E-state index is 10.9. The topological polar surface area (TPSA) is 29.5 Å². The van der Waals surface area contributed by atoms with Crippen molar-refractivity contribution in [2.75, 3.05) is 13.1 Å². The summed E-state index contributed by atoms with van der Waals surface area (Å²) in [7, 11) is 0. The normalized spacial score (nSPS) is 17.1. The number of benzene rings is 1. The summed E-state index contributed by atoms with van der Waals surface area (Å²) in [5.74, 6) is 0. The van der Waals surface area contributed by atoms with Crippen LogP contribution in [0.2, 0.25) is 0 Å². The molecule has 1 saturated heterocycles. The highest BCUT2D eigenvalue weighted by Crippen LogP contribution is 2.16. The molecular formula is C13H16ClNO2. The van der Waals surface area contributed by atoms with Crippen molar-refractivity contribution in [2.45, 2.75) is 25.6 Å². The van der Waals surface area contributed by atoms with Gasteiger partial charge in [-0.05, 0) is 30.0 Å². The number of hydrogen-bond donors (Lipinski definition) is 0. The van der Waals surface area contributed by atoms with Crippen LogP contribution < -0.4 is 0 Å². The number of carbonyl (C=O) groups excluding carboxylic acids is 1. The number of hydrogen-bond acceptors (Lipinski definition) is 2. The van der Waals surface area contributed by atoms with Crippen molar-refractivity contribution in [1.29, 1.82) is 0 Å². The van der Waals surface area contributed by atoms with E-state index < -0.39 is 0 Å². The number of nitrogens with zero attached hydrogens (tertiary/aromatic N) is 1. The summed E-state index contributed by atoms with van der Waals surface area (Å²) in [6.45, 7) is 2.03. The lowest BCUT2D eigenvalue weighted by molar-refractivity contribution is 0.00613. The molecule has 92 valence electrons. The van der Waals surface area contributed by atoms with Crippen LogP contribution in [0.25, 0.3) is 0 Å². The van der Waals surface area contributed by atoms with Crippen molar-refractivity contribution >= 4 is 17.0 Å². The van der Waals surface area contributed by atoms with Gasteiger partial charge < -0.3 is 9.64 Å². The van der Waals surface area contributed by atoms with Crippen LogP contribution in [0.4, 0.5) is 4.79 Å². The van der Waals surface area contributed by atoms with Crippen LogP contribution in [0.3, 0.4) is 0 Å². The maximum absolute atomic E-state index is 10.9. The molecule has 1 aliphatic heterocycles. The Morgan fingerprint density at radius 1 is 1.29 bits per heavy atom. The molecule has 0 atom stereocenters. The van der Waals surface area contributed by atoms with Crippen LogP contribution >= 0.6 is 11.6 Å². The van der Waals surface area contributed by atoms with Crippen LogP contribution in [-0.2, 0) is 11.3 Å². The minimum Gasteiger partial charge on any atom is -0.373 e. The van der Waals surface area contributed by atoms with E-state index in [1.165, 1.54) is 5.56 Å². The summed E-state index contributed by atoms with van der Waals surface area (Å²) in [5, 5.41) is -0.355. The van der Waals surface area contributed by atoms with Crippen molar-refractivity contribution in [1.82, 2.24) is 4.90 Å². The lowest BCUT2D eigenvalue weighted by Crippen LogP contribution is -2.38. The summed E-state index contributed by atoms with van der Waals surface area (Å²) in [5.41, 5.74) is 1.18. The first-order valence-corrected chi connectivity index (χ1v) is 6.23. The number of halogens is 1. The summed E-state index contributed by atoms with van der Waals surface area (Å²) < 4.78 is 5.82. The molecule has 0 N–H and O–H groups in total. The van der Waals surface area contributed by atoms with Gasteiger partial charge in [0.2, 0.25) is 0 Å². The average molecular weight is 254 g/mol. The van der Waals surface area contributed by atoms with Crippen molar-refractivity contribution in [3.05, 3.63) is 35.9 Å². The fraction of sp³-hybridized carbons (Fsp3) is 0.462. The SMILES string of the molecule is O=C(Cl)N1CCC(OCc2ccccc2)CC1. The molecule has 1 aliphatic rings. The first-order valence-electron chi connectivity index (χ1n) is 5.85. The summed E-state index contributed by atoms with van der Waals surface area (Å²) in [4.78, 5) is 12.6. The number of piperidine rings is 1. The molecule has 1 heterocycles. The first-order chi connectivity index (χ1) is 8.25. The van der Waals surface area contributed by atoms with Gasteiger partial charge in [0.05, 0.1) is 12.7 Å². The molecule has 0 aromatic heterocycles. The van der Waals surface area contributed by atoms with Crippen molar-refractivity contribution in [3.63, 3.8) is 0 Å². The number of likely N-dealkylation sites (tertiary alicyclic amines) is 1. The molecular weight excluding hydrogens is 238 g/mol. The van der Waals surface area contributed by atoms with E-state index in [9.17, 15) is 4.79 Å². The van der Waals surface area contributed by atoms with E-state index in [4.69, 9.17) is 16.3 Å². The highest BCUT2D eigenvalue weighted by molar-refractivity contribution is 6.62. The van der Waals surface area contributed by atoms with Gasteiger partial charge in [0, 0.05) is 13.1 Å². The van der Waals surface area contributed by atoms with E-state index in [0.717, 1.165) is 12.8 Å². The molecule has 1 aromatic rings. The van der Waals surface area contributed by atoms with Crippen molar-refractivity contribution in [2.24, 2.45) is 0 Å². The maximum Gasteiger partial charge on any atom is 0.316 e. The largest absolute Gasteiger partial charge is 0.373 e. The van der Waals surface area contributed by atoms with E-state index in [0.29, 0.717) is 19.7 Å². The molecule has 1 fully saturated rings. The molecule has 0 spiro atoms. The Balaban J connectivity index is 1.74. The highest BCUT2D eigenvalue weighted by Gasteiger charge is 2.21. The third-order valence-electron chi connectivity index (χ3n) is 3.02. The van der Waals surface area contributed by atoms with Gasteiger partial charge in [0.25, 0.3) is 0 Å².